The number of hydrogen-bond acceptors (Lipinski definition) is 5. The van der Waals surface area contributed by atoms with Crippen molar-refractivity contribution in [3.05, 3.63) is 95.1 Å². The fourth-order valence-corrected chi connectivity index (χ4v) is 5.40. The Balaban J connectivity index is 2.09. The highest BCUT2D eigenvalue weighted by Gasteiger charge is 2.37. The third kappa shape index (κ3) is 10.9. The molecule has 3 N–H and O–H groups in total. The Hall–Kier alpha value is -4.33. The van der Waals surface area contributed by atoms with Gasteiger partial charge in [-0.25, -0.2) is 4.79 Å². The zero-order chi connectivity index (χ0) is 33.7. The van der Waals surface area contributed by atoms with E-state index < -0.39 is 35.6 Å². The van der Waals surface area contributed by atoms with Gasteiger partial charge in [-0.3, -0.25) is 9.59 Å². The Morgan fingerprint density at radius 3 is 2.13 bits per heavy atom. The second-order valence-corrected chi connectivity index (χ2v) is 12.9. The minimum atomic E-state index is -1.17. The van der Waals surface area contributed by atoms with E-state index in [9.17, 15) is 19.5 Å². The molecule has 0 aromatic heterocycles. The van der Waals surface area contributed by atoms with Crippen LogP contribution in [0, 0.1) is 13.8 Å². The van der Waals surface area contributed by atoms with Gasteiger partial charge in [0.1, 0.15) is 23.4 Å². The van der Waals surface area contributed by atoms with E-state index in [-0.39, 0.29) is 18.7 Å². The van der Waals surface area contributed by atoms with Crippen LogP contribution in [0.4, 0.5) is 10.5 Å². The maximum Gasteiger partial charge on any atom is 0.408 e. The Kier molecular flexibility index (Phi) is 13.7. The summed E-state index contributed by atoms with van der Waals surface area (Å²) < 4.78 is 5.55. The van der Waals surface area contributed by atoms with Gasteiger partial charge < -0.3 is 25.4 Å². The van der Waals surface area contributed by atoms with Gasteiger partial charge in [-0.15, -0.1) is 0 Å². The van der Waals surface area contributed by atoms with E-state index in [1.807, 2.05) is 61.5 Å². The number of nitrogens with one attached hydrogen (secondary N) is 2. The molecular formula is C38H51N3O5. The minimum Gasteiger partial charge on any atom is -0.507 e. The fraction of sp³-hybridized carbons (Fsp3) is 0.447. The highest BCUT2D eigenvalue weighted by Crippen LogP contribution is 2.34. The van der Waals surface area contributed by atoms with Crippen molar-refractivity contribution >= 4 is 23.6 Å². The average Bonchev–Trinajstić information content (AvgIpc) is 3.00. The number of alkyl carbamates (subject to hydrolysis) is 1. The van der Waals surface area contributed by atoms with Gasteiger partial charge in [0, 0.05) is 24.2 Å². The zero-order valence-corrected chi connectivity index (χ0v) is 28.3. The van der Waals surface area contributed by atoms with Gasteiger partial charge in [0.05, 0.1) is 0 Å². The summed E-state index contributed by atoms with van der Waals surface area (Å²) in [6.45, 7) is 11.4. The molecule has 0 spiro atoms. The first-order chi connectivity index (χ1) is 21.9. The molecule has 2 unspecified atom stereocenters. The predicted octanol–water partition coefficient (Wildman–Crippen LogP) is 8.01. The predicted molar refractivity (Wildman–Crippen MR) is 184 cm³/mol. The number of benzene rings is 3. The molecule has 0 saturated carbocycles. The molecular weight excluding hydrogens is 578 g/mol. The monoisotopic (exact) mass is 629 g/mol. The average molecular weight is 630 g/mol. The van der Waals surface area contributed by atoms with Crippen molar-refractivity contribution in [1.82, 2.24) is 10.2 Å². The van der Waals surface area contributed by atoms with Crippen molar-refractivity contribution in [3.8, 4) is 5.75 Å². The standard InChI is InChI=1S/C38H51N3O5/c1-7-8-9-10-11-17-25-41(36(44)32(26-29-21-13-12-14-22-29)40-37(45)46-38(4,5)6)33(30-23-18-20-28(3)34(30)42)35(43)39-31-24-16-15-19-27(31)2/h12-16,18-24,32-33,42H,7-11,17,25-26H2,1-6H3,(H,39,43)(H,40,45). The first-order valence-electron chi connectivity index (χ1n) is 16.4. The van der Waals surface area contributed by atoms with E-state index in [0.717, 1.165) is 43.2 Å². The number of ether oxygens (including phenoxy) is 1. The number of carbonyl (C=O) groups is 3. The number of aromatic hydroxyl groups is 1. The fourth-order valence-electron chi connectivity index (χ4n) is 5.40. The summed E-state index contributed by atoms with van der Waals surface area (Å²) in [7, 11) is 0. The molecule has 8 nitrogen and oxygen atoms in total. The zero-order valence-electron chi connectivity index (χ0n) is 28.3. The van der Waals surface area contributed by atoms with E-state index in [1.165, 1.54) is 4.90 Å². The SMILES string of the molecule is CCCCCCCCN(C(=O)C(Cc1ccccc1)NC(=O)OC(C)(C)C)C(C(=O)Nc1ccccc1C)c1cccc(C)c1O. The second kappa shape index (κ2) is 17.4. The van der Waals surface area contributed by atoms with Crippen LogP contribution in [0.25, 0.3) is 0 Å². The summed E-state index contributed by atoms with van der Waals surface area (Å²) in [6, 6.07) is 19.9. The molecule has 0 aliphatic carbocycles. The maximum absolute atomic E-state index is 14.7. The van der Waals surface area contributed by atoms with Crippen LogP contribution in [0.1, 0.15) is 94.5 Å². The van der Waals surface area contributed by atoms with Gasteiger partial charge >= 0.3 is 6.09 Å². The lowest BCUT2D eigenvalue weighted by Gasteiger charge is -2.35. The number of hydrogen-bond donors (Lipinski definition) is 3. The van der Waals surface area contributed by atoms with E-state index in [1.54, 1.807) is 45.9 Å². The van der Waals surface area contributed by atoms with Crippen LogP contribution in [-0.2, 0) is 20.7 Å². The minimum absolute atomic E-state index is 0.0482. The molecule has 0 saturated heterocycles. The van der Waals surface area contributed by atoms with Gasteiger partial charge in [0.25, 0.3) is 5.91 Å². The third-order valence-corrected chi connectivity index (χ3v) is 7.83. The van der Waals surface area contributed by atoms with Gasteiger partial charge in [-0.2, -0.15) is 0 Å². The molecule has 3 rings (SSSR count). The van der Waals surface area contributed by atoms with Crippen molar-refractivity contribution in [2.75, 3.05) is 11.9 Å². The largest absolute Gasteiger partial charge is 0.507 e. The van der Waals surface area contributed by atoms with E-state index in [4.69, 9.17) is 4.74 Å². The Bertz CT molecular complexity index is 1430. The Morgan fingerprint density at radius 2 is 1.46 bits per heavy atom. The Morgan fingerprint density at radius 1 is 0.826 bits per heavy atom. The van der Waals surface area contributed by atoms with Crippen LogP contribution < -0.4 is 10.6 Å². The lowest BCUT2D eigenvalue weighted by atomic mass is 9.97. The van der Waals surface area contributed by atoms with Gasteiger partial charge in [-0.05, 0) is 63.8 Å². The van der Waals surface area contributed by atoms with Crippen molar-refractivity contribution in [2.24, 2.45) is 0 Å². The number of rotatable bonds is 15. The van der Waals surface area contributed by atoms with E-state index in [0.29, 0.717) is 23.2 Å². The first-order valence-corrected chi connectivity index (χ1v) is 16.4. The highest BCUT2D eigenvalue weighted by molar-refractivity contribution is 5.99. The number of phenolic OH excluding ortho intramolecular Hbond substituents is 1. The topological polar surface area (TPSA) is 108 Å². The highest BCUT2D eigenvalue weighted by atomic mass is 16.6. The van der Waals surface area contributed by atoms with Crippen LogP contribution in [0.2, 0.25) is 0 Å². The van der Waals surface area contributed by atoms with Crippen LogP contribution in [-0.4, -0.2) is 46.1 Å². The molecule has 8 heteroatoms. The molecule has 0 aliphatic heterocycles. The molecule has 3 aromatic carbocycles. The molecule has 46 heavy (non-hydrogen) atoms. The third-order valence-electron chi connectivity index (χ3n) is 7.83. The van der Waals surface area contributed by atoms with Crippen LogP contribution in [0.5, 0.6) is 5.75 Å². The van der Waals surface area contributed by atoms with Crippen LogP contribution in [0.15, 0.2) is 72.8 Å². The molecule has 0 bridgehead atoms. The number of aryl methyl sites for hydroxylation is 2. The van der Waals surface area contributed by atoms with Gasteiger partial charge in [-0.1, -0.05) is 106 Å². The molecule has 0 aliphatic rings. The number of amides is 3. The summed E-state index contributed by atoms with van der Waals surface area (Å²) in [5.41, 5.74) is 2.46. The molecule has 248 valence electrons. The summed E-state index contributed by atoms with van der Waals surface area (Å²) in [6.07, 6.45) is 5.36. The number of unbranched alkanes of at least 4 members (excludes halogenated alkanes) is 5. The second-order valence-electron chi connectivity index (χ2n) is 12.9. The first kappa shape index (κ1) is 36.1. The van der Waals surface area contributed by atoms with Gasteiger partial charge in [0.15, 0.2) is 0 Å². The number of carbonyl (C=O) groups excluding carboxylic acids is 3. The molecule has 3 aromatic rings. The summed E-state index contributed by atoms with van der Waals surface area (Å²) in [5, 5.41) is 17.1. The van der Waals surface area contributed by atoms with Crippen LogP contribution in [0.3, 0.4) is 0 Å². The smallest absolute Gasteiger partial charge is 0.408 e. The number of para-hydroxylation sites is 2. The number of phenols is 1. The van der Waals surface area contributed by atoms with Crippen LogP contribution >= 0.6 is 0 Å². The van der Waals surface area contributed by atoms with Crippen molar-refractivity contribution in [2.45, 2.75) is 104 Å². The molecule has 0 fully saturated rings. The summed E-state index contributed by atoms with van der Waals surface area (Å²) in [5.74, 6) is -0.938. The molecule has 2 atom stereocenters. The van der Waals surface area contributed by atoms with Crippen molar-refractivity contribution < 1.29 is 24.2 Å². The Labute approximate surface area is 274 Å². The molecule has 0 radical (unpaired) electrons. The van der Waals surface area contributed by atoms with E-state index >= 15 is 0 Å². The van der Waals surface area contributed by atoms with E-state index in [2.05, 4.69) is 17.6 Å². The normalized spacial score (nSPS) is 12.6. The summed E-state index contributed by atoms with van der Waals surface area (Å²) >= 11 is 0. The molecule has 3 amide bonds. The quantitative estimate of drug-likeness (QED) is 0.148. The number of anilines is 1. The van der Waals surface area contributed by atoms with Crippen molar-refractivity contribution in [3.63, 3.8) is 0 Å². The molecule has 0 heterocycles. The lowest BCUT2D eigenvalue weighted by Crippen LogP contribution is -2.53. The lowest BCUT2D eigenvalue weighted by molar-refractivity contribution is -0.141. The maximum atomic E-state index is 14.7. The van der Waals surface area contributed by atoms with Crippen molar-refractivity contribution in [1.29, 1.82) is 0 Å². The summed E-state index contributed by atoms with van der Waals surface area (Å²) in [4.78, 5) is 43.7. The number of nitrogens with zero attached hydrogens (tertiary/aromatic N) is 1. The van der Waals surface area contributed by atoms with Gasteiger partial charge in [0.2, 0.25) is 5.91 Å².